The molecule has 6 aromatic rings. The standard InChI is InChI=1S/2C23H21O.2ClH.Zr/c2*1-15(2)17-8-10-18(11-9-17)19-5-4-6-20-21(19)12-13-22(20)23-14-7-16(3)24-23;;;/h2*4-12,14-15,22H,1-3H3;2*1H;/q2*-1;;;+4/p-2. The number of hydrogen-bond donors (Lipinski definition) is 0. The van der Waals surface area contributed by atoms with Crippen molar-refractivity contribution in [1.82, 2.24) is 0 Å². The first-order valence-corrected chi connectivity index (χ1v) is 17.0. The van der Waals surface area contributed by atoms with Crippen molar-refractivity contribution in [1.29, 1.82) is 0 Å². The minimum Gasteiger partial charge on any atom is -1.00 e. The van der Waals surface area contributed by atoms with Gasteiger partial charge in [-0.1, -0.05) is 124 Å². The molecule has 5 heteroatoms. The number of aryl methyl sites for hydroxylation is 2. The number of benzene rings is 4. The Balaban J connectivity index is 0.000000216. The Morgan fingerprint density at radius 1 is 0.490 bits per heavy atom. The van der Waals surface area contributed by atoms with Crippen molar-refractivity contribution in [2.45, 2.75) is 65.2 Å². The number of hydrogen-bond acceptors (Lipinski definition) is 2. The number of furan rings is 2. The smallest absolute Gasteiger partial charge is 1.00 e. The first-order valence-electron chi connectivity index (χ1n) is 17.0. The summed E-state index contributed by atoms with van der Waals surface area (Å²) in [4.78, 5) is 0. The van der Waals surface area contributed by atoms with E-state index in [4.69, 9.17) is 8.83 Å². The predicted molar refractivity (Wildman–Crippen MR) is 198 cm³/mol. The summed E-state index contributed by atoms with van der Waals surface area (Å²) < 4.78 is 11.7. The molecule has 2 unspecified atom stereocenters. The Bertz CT molecular complexity index is 1960. The van der Waals surface area contributed by atoms with E-state index in [0.717, 1.165) is 23.0 Å². The monoisotopic (exact) mass is 786 g/mol. The maximum absolute atomic E-state index is 5.83. The van der Waals surface area contributed by atoms with Crippen molar-refractivity contribution in [3.63, 3.8) is 0 Å². The quantitative estimate of drug-likeness (QED) is 0.176. The molecule has 51 heavy (non-hydrogen) atoms. The summed E-state index contributed by atoms with van der Waals surface area (Å²) in [5.74, 6) is 5.14. The van der Waals surface area contributed by atoms with Crippen molar-refractivity contribution in [2.75, 3.05) is 0 Å². The fourth-order valence-corrected chi connectivity index (χ4v) is 6.79. The zero-order valence-corrected chi connectivity index (χ0v) is 33.9. The first kappa shape index (κ1) is 40.2. The van der Waals surface area contributed by atoms with Crippen LogP contribution < -0.4 is 24.8 Å². The summed E-state index contributed by atoms with van der Waals surface area (Å²) in [6.07, 6.45) is 11.2. The van der Waals surface area contributed by atoms with Gasteiger partial charge in [0.15, 0.2) is 0 Å². The number of allylic oxidation sites excluding steroid dienone is 2. The molecule has 0 fully saturated rings. The fourth-order valence-electron chi connectivity index (χ4n) is 6.79. The SMILES string of the molecule is Cc1ccc(C2[C-]=Cc3c(-c4ccc(C(C)C)cc4)cccc32)o1.Cc1ccc(C2[C-]=Cc3c(-c4ccc(C(C)C)cc4)cccc32)o1.[Cl-].[Cl-].[Zr+4]. The van der Waals surface area contributed by atoms with Gasteiger partial charge in [0.2, 0.25) is 0 Å². The van der Waals surface area contributed by atoms with E-state index >= 15 is 0 Å². The van der Waals surface area contributed by atoms with Crippen LogP contribution in [0.15, 0.2) is 118 Å². The molecule has 0 radical (unpaired) electrons. The Kier molecular flexibility index (Phi) is 13.6. The van der Waals surface area contributed by atoms with Crippen LogP contribution in [0.4, 0.5) is 0 Å². The molecule has 0 bridgehead atoms. The van der Waals surface area contributed by atoms with E-state index < -0.39 is 0 Å². The molecule has 0 N–H and O–H groups in total. The second kappa shape index (κ2) is 17.3. The Hall–Kier alpha value is -3.62. The zero-order valence-electron chi connectivity index (χ0n) is 29.9. The van der Waals surface area contributed by atoms with Crippen LogP contribution in [0.25, 0.3) is 34.4 Å². The molecule has 0 spiro atoms. The van der Waals surface area contributed by atoms with E-state index in [2.05, 4.69) is 149 Å². The minimum absolute atomic E-state index is 0. The molecule has 2 heterocycles. The number of rotatable bonds is 6. The van der Waals surface area contributed by atoms with Crippen molar-refractivity contribution < 1.29 is 59.9 Å². The van der Waals surface area contributed by atoms with Gasteiger partial charge in [0.05, 0.1) is 11.5 Å². The molecule has 2 nitrogen and oxygen atoms in total. The van der Waals surface area contributed by atoms with E-state index in [1.165, 1.54) is 55.6 Å². The molecular formula is C46H42Cl2O2Zr. The molecule has 0 saturated carbocycles. The maximum atomic E-state index is 5.83. The van der Waals surface area contributed by atoms with Gasteiger partial charge in [-0.05, 0) is 84.0 Å². The summed E-state index contributed by atoms with van der Waals surface area (Å²) in [7, 11) is 0. The van der Waals surface area contributed by atoms with Gasteiger partial charge in [-0.2, -0.15) is 11.1 Å². The maximum Gasteiger partial charge on any atom is 4.00 e. The molecule has 2 aliphatic carbocycles. The van der Waals surface area contributed by atoms with Crippen LogP contribution in [-0.2, 0) is 26.2 Å². The first-order chi connectivity index (χ1) is 23.3. The van der Waals surface area contributed by atoms with Crippen LogP contribution in [0, 0.1) is 26.0 Å². The van der Waals surface area contributed by atoms with E-state index in [-0.39, 0.29) is 62.9 Å². The molecule has 0 aliphatic heterocycles. The van der Waals surface area contributed by atoms with Gasteiger partial charge in [-0.15, -0.1) is 11.1 Å². The molecule has 2 aromatic heterocycles. The van der Waals surface area contributed by atoms with E-state index in [1.54, 1.807) is 0 Å². The summed E-state index contributed by atoms with van der Waals surface area (Å²) in [6, 6.07) is 39.0. The summed E-state index contributed by atoms with van der Waals surface area (Å²) >= 11 is 0. The van der Waals surface area contributed by atoms with Crippen molar-refractivity contribution in [2.24, 2.45) is 0 Å². The summed E-state index contributed by atoms with van der Waals surface area (Å²) in [5, 5.41) is 0. The second-order valence-corrected chi connectivity index (χ2v) is 13.6. The van der Waals surface area contributed by atoms with Gasteiger partial charge in [0.25, 0.3) is 0 Å². The number of halogens is 2. The molecule has 2 aliphatic rings. The van der Waals surface area contributed by atoms with Gasteiger partial charge >= 0.3 is 26.2 Å². The third-order valence-corrected chi connectivity index (χ3v) is 9.56. The topological polar surface area (TPSA) is 26.3 Å². The van der Waals surface area contributed by atoms with Gasteiger partial charge < -0.3 is 33.6 Å². The third-order valence-electron chi connectivity index (χ3n) is 9.56. The summed E-state index contributed by atoms with van der Waals surface area (Å²) in [6.45, 7) is 12.9. The van der Waals surface area contributed by atoms with Gasteiger partial charge in [-0.3, -0.25) is 12.2 Å². The third kappa shape index (κ3) is 8.39. The van der Waals surface area contributed by atoms with Gasteiger partial charge in [0.1, 0.15) is 11.5 Å². The molecule has 8 rings (SSSR count). The largest absolute Gasteiger partial charge is 4.00 e. The Morgan fingerprint density at radius 3 is 1.18 bits per heavy atom. The van der Waals surface area contributed by atoms with E-state index in [0.29, 0.717) is 11.8 Å². The normalized spacial score (nSPS) is 15.0. The van der Waals surface area contributed by atoms with Crippen LogP contribution in [-0.4, -0.2) is 0 Å². The molecule has 256 valence electrons. The Morgan fingerprint density at radius 2 is 0.863 bits per heavy atom. The average Bonchev–Trinajstić information content (AvgIpc) is 3.91. The van der Waals surface area contributed by atoms with Crippen LogP contribution in [0.2, 0.25) is 0 Å². The van der Waals surface area contributed by atoms with E-state index in [1.807, 2.05) is 26.0 Å². The predicted octanol–water partition coefficient (Wildman–Crippen LogP) is 6.69. The Labute approximate surface area is 335 Å². The second-order valence-electron chi connectivity index (χ2n) is 13.6. The van der Waals surface area contributed by atoms with Crippen LogP contribution in [0.3, 0.4) is 0 Å². The molecular weight excluding hydrogens is 747 g/mol. The van der Waals surface area contributed by atoms with Crippen LogP contribution in [0.1, 0.15) is 108 Å². The average molecular weight is 789 g/mol. The van der Waals surface area contributed by atoms with Crippen LogP contribution >= 0.6 is 0 Å². The van der Waals surface area contributed by atoms with Gasteiger partial charge in [-0.25, -0.2) is 12.2 Å². The van der Waals surface area contributed by atoms with E-state index in [9.17, 15) is 0 Å². The molecule has 0 saturated heterocycles. The fraction of sp³-hybridized carbons (Fsp3) is 0.217. The van der Waals surface area contributed by atoms with Crippen molar-refractivity contribution in [3.8, 4) is 22.3 Å². The van der Waals surface area contributed by atoms with Crippen molar-refractivity contribution in [3.05, 3.63) is 178 Å². The summed E-state index contributed by atoms with van der Waals surface area (Å²) in [5.41, 5.74) is 12.8. The van der Waals surface area contributed by atoms with Crippen molar-refractivity contribution >= 4 is 12.2 Å². The van der Waals surface area contributed by atoms with Gasteiger partial charge in [0, 0.05) is 0 Å². The van der Waals surface area contributed by atoms with Crippen LogP contribution in [0.5, 0.6) is 0 Å². The zero-order chi connectivity index (χ0) is 33.4. The number of fused-ring (bicyclic) bond motifs is 2. The minimum atomic E-state index is 0. The molecule has 2 atom stereocenters. The molecule has 0 amide bonds. The molecule has 4 aromatic carbocycles.